The Balaban J connectivity index is 1.54. The molecule has 1 aliphatic heterocycles. The topological polar surface area (TPSA) is 117 Å². The Bertz CT molecular complexity index is 1330. The van der Waals surface area contributed by atoms with Crippen LogP contribution in [-0.2, 0) is 25.9 Å². The third kappa shape index (κ3) is 5.59. The van der Waals surface area contributed by atoms with E-state index in [-0.39, 0.29) is 17.2 Å². The van der Waals surface area contributed by atoms with Crippen LogP contribution in [0.25, 0.3) is 0 Å². The van der Waals surface area contributed by atoms with Crippen molar-refractivity contribution < 1.29 is 36.6 Å². The van der Waals surface area contributed by atoms with Gasteiger partial charge in [-0.05, 0) is 54.4 Å². The van der Waals surface area contributed by atoms with E-state index in [0.717, 1.165) is 15.9 Å². The number of ether oxygens (including phenoxy) is 4. The Kier molecular flexibility index (Phi) is 7.73. The average molecular weight is 517 g/mol. The van der Waals surface area contributed by atoms with Crippen molar-refractivity contribution in [2.24, 2.45) is 5.73 Å². The second-order valence-electron chi connectivity index (χ2n) is 7.86. The van der Waals surface area contributed by atoms with Gasteiger partial charge in [0.25, 0.3) is 0 Å². The van der Waals surface area contributed by atoms with Gasteiger partial charge in [0, 0.05) is 19.2 Å². The molecule has 190 valence electrons. The number of rotatable bonds is 9. The van der Waals surface area contributed by atoms with Crippen molar-refractivity contribution in [2.45, 2.75) is 17.5 Å². The van der Waals surface area contributed by atoms with Crippen molar-refractivity contribution in [3.63, 3.8) is 0 Å². The van der Waals surface area contributed by atoms with E-state index in [1.807, 2.05) is 6.07 Å². The van der Waals surface area contributed by atoms with Gasteiger partial charge < -0.3 is 24.7 Å². The van der Waals surface area contributed by atoms with Crippen molar-refractivity contribution in [3.05, 3.63) is 83.7 Å². The number of nitrogens with two attached hydrogens (primary N) is 1. The van der Waals surface area contributed by atoms with Gasteiger partial charge in [-0.15, -0.1) is 0 Å². The van der Waals surface area contributed by atoms with Crippen molar-refractivity contribution in [3.8, 4) is 17.2 Å². The third-order valence-corrected chi connectivity index (χ3v) is 7.37. The molecule has 3 aromatic carbocycles. The van der Waals surface area contributed by atoms with Crippen LogP contribution in [0.2, 0.25) is 0 Å². The highest BCUT2D eigenvalue weighted by molar-refractivity contribution is 7.89. The Morgan fingerprint density at radius 3 is 2.47 bits per heavy atom. The van der Waals surface area contributed by atoms with E-state index in [9.17, 15) is 17.6 Å². The lowest BCUT2D eigenvalue weighted by atomic mass is 10.00. The highest BCUT2D eigenvalue weighted by atomic mass is 32.2. The number of amides is 1. The maximum absolute atomic E-state index is 14.9. The molecule has 0 bridgehead atoms. The number of fused-ring (bicyclic) bond motifs is 1. The van der Waals surface area contributed by atoms with Crippen LogP contribution < -0.4 is 15.2 Å². The molecular formula is C25H25FN2O7S. The van der Waals surface area contributed by atoms with Gasteiger partial charge in [-0.1, -0.05) is 24.3 Å². The van der Waals surface area contributed by atoms with Gasteiger partial charge >= 0.3 is 6.09 Å². The van der Waals surface area contributed by atoms with Crippen LogP contribution in [0.3, 0.4) is 0 Å². The van der Waals surface area contributed by atoms with Crippen LogP contribution in [0, 0.1) is 5.82 Å². The number of methoxy groups -OCH3 is 1. The minimum Gasteiger partial charge on any atom is -0.491 e. The van der Waals surface area contributed by atoms with Crippen LogP contribution >= 0.6 is 0 Å². The molecule has 9 nitrogen and oxygen atoms in total. The van der Waals surface area contributed by atoms with Crippen LogP contribution in [0.15, 0.2) is 71.6 Å². The molecule has 0 fully saturated rings. The van der Waals surface area contributed by atoms with Gasteiger partial charge in [-0.3, -0.25) is 0 Å². The fraction of sp³-hybridized carbons (Fsp3) is 0.240. The molecule has 0 unspecified atom stereocenters. The summed E-state index contributed by atoms with van der Waals surface area (Å²) in [6.07, 6.45) is -1.99. The molecule has 0 spiro atoms. The predicted octanol–water partition coefficient (Wildman–Crippen LogP) is 3.98. The number of carbonyl (C=O) groups excluding carboxylic acids is 1. The molecule has 4 rings (SSSR count). The number of sulfonamides is 1. The number of carbonyl (C=O) groups is 1. The Morgan fingerprint density at radius 1 is 1.06 bits per heavy atom. The molecule has 1 aliphatic rings. The summed E-state index contributed by atoms with van der Waals surface area (Å²) in [5.74, 6) is -0.0967. The first-order chi connectivity index (χ1) is 17.3. The van der Waals surface area contributed by atoms with Crippen molar-refractivity contribution in [1.82, 2.24) is 4.31 Å². The zero-order valence-electron chi connectivity index (χ0n) is 19.4. The molecular weight excluding hydrogens is 491 g/mol. The average Bonchev–Trinajstić information content (AvgIpc) is 2.86. The van der Waals surface area contributed by atoms with Crippen LogP contribution in [0.4, 0.5) is 9.18 Å². The maximum Gasteiger partial charge on any atom is 0.406 e. The number of nitrogens with zero attached hydrogens (tertiary/aromatic N) is 1. The lowest BCUT2D eigenvalue weighted by Gasteiger charge is -2.35. The summed E-state index contributed by atoms with van der Waals surface area (Å²) in [7, 11) is -2.68. The van der Waals surface area contributed by atoms with E-state index < -0.39 is 28.2 Å². The smallest absolute Gasteiger partial charge is 0.406 e. The Hall–Kier alpha value is -3.67. The maximum atomic E-state index is 14.9. The SMILES string of the molecule is COCCOc1ccc(Oc2ccc(S(=O)(=O)N3CCc4ccccc4[C@@H]3OC(N)=O)cc2F)cc1. The zero-order chi connectivity index (χ0) is 25.7. The molecule has 0 saturated heterocycles. The summed E-state index contributed by atoms with van der Waals surface area (Å²) in [4.78, 5) is 11.2. The molecule has 36 heavy (non-hydrogen) atoms. The van der Waals surface area contributed by atoms with E-state index in [2.05, 4.69) is 0 Å². The minimum atomic E-state index is -4.25. The number of hydrogen-bond acceptors (Lipinski definition) is 7. The number of halogens is 1. The van der Waals surface area contributed by atoms with E-state index >= 15 is 0 Å². The number of primary amides is 1. The molecule has 11 heteroatoms. The highest BCUT2D eigenvalue weighted by Crippen LogP contribution is 2.36. The fourth-order valence-electron chi connectivity index (χ4n) is 3.82. The molecule has 0 aliphatic carbocycles. The fourth-order valence-corrected chi connectivity index (χ4v) is 5.32. The van der Waals surface area contributed by atoms with Gasteiger partial charge in [0.2, 0.25) is 10.0 Å². The summed E-state index contributed by atoms with van der Waals surface area (Å²) in [6.45, 7) is 0.850. The summed E-state index contributed by atoms with van der Waals surface area (Å²) in [5.41, 5.74) is 6.54. The predicted molar refractivity (Wildman–Crippen MR) is 128 cm³/mol. The normalized spacial score (nSPS) is 15.7. The van der Waals surface area contributed by atoms with Crippen LogP contribution in [-0.4, -0.2) is 45.7 Å². The Labute approximate surface area is 208 Å². The highest BCUT2D eigenvalue weighted by Gasteiger charge is 2.39. The summed E-state index contributed by atoms with van der Waals surface area (Å²) < 4.78 is 63.9. The molecule has 0 saturated carbocycles. The van der Waals surface area contributed by atoms with Crippen molar-refractivity contribution in [2.75, 3.05) is 26.9 Å². The van der Waals surface area contributed by atoms with Crippen molar-refractivity contribution >= 4 is 16.1 Å². The van der Waals surface area contributed by atoms with Gasteiger partial charge in [0.05, 0.1) is 11.5 Å². The standard InChI is InChI=1S/C25H25FN2O7S/c1-32-14-15-33-18-6-8-19(9-7-18)34-23-11-10-20(16-22(23)26)36(30,31)28-13-12-17-4-2-3-5-21(17)24(28)35-25(27)29/h2-11,16,24H,12-15H2,1H3,(H2,27,29)/t24-/m0/s1. The molecule has 1 heterocycles. The number of benzene rings is 3. The summed E-state index contributed by atoms with van der Waals surface area (Å²) in [5, 5.41) is 0. The lowest BCUT2D eigenvalue weighted by Crippen LogP contribution is -2.42. The molecule has 3 aromatic rings. The van der Waals surface area contributed by atoms with Gasteiger partial charge in [0.15, 0.2) is 17.8 Å². The monoisotopic (exact) mass is 516 g/mol. The Morgan fingerprint density at radius 2 is 1.78 bits per heavy atom. The molecule has 1 atom stereocenters. The summed E-state index contributed by atoms with van der Waals surface area (Å²) in [6, 6.07) is 16.9. The lowest BCUT2D eigenvalue weighted by molar-refractivity contribution is 0.0294. The largest absolute Gasteiger partial charge is 0.491 e. The van der Waals surface area contributed by atoms with Gasteiger partial charge in [0.1, 0.15) is 18.1 Å². The van der Waals surface area contributed by atoms with E-state index in [0.29, 0.717) is 36.7 Å². The van der Waals surface area contributed by atoms with E-state index in [1.165, 1.54) is 12.1 Å². The molecule has 2 N–H and O–H groups in total. The summed E-state index contributed by atoms with van der Waals surface area (Å²) >= 11 is 0. The molecule has 0 aromatic heterocycles. The second kappa shape index (κ2) is 10.9. The zero-order valence-corrected chi connectivity index (χ0v) is 20.2. The van der Waals surface area contributed by atoms with Crippen molar-refractivity contribution in [1.29, 1.82) is 0 Å². The first kappa shape index (κ1) is 25.4. The van der Waals surface area contributed by atoms with Crippen LogP contribution in [0.1, 0.15) is 17.4 Å². The minimum absolute atomic E-state index is 0.0238. The van der Waals surface area contributed by atoms with E-state index in [4.69, 9.17) is 24.7 Å². The first-order valence-corrected chi connectivity index (χ1v) is 12.5. The third-order valence-electron chi connectivity index (χ3n) is 5.53. The second-order valence-corrected chi connectivity index (χ2v) is 9.75. The molecule has 0 radical (unpaired) electrons. The first-order valence-electron chi connectivity index (χ1n) is 11.0. The van der Waals surface area contributed by atoms with Gasteiger partial charge in [-0.2, -0.15) is 4.31 Å². The van der Waals surface area contributed by atoms with Gasteiger partial charge in [-0.25, -0.2) is 17.6 Å². The quantitative estimate of drug-likeness (QED) is 0.428. The van der Waals surface area contributed by atoms with Crippen LogP contribution in [0.5, 0.6) is 17.2 Å². The molecule has 1 amide bonds. The van der Waals surface area contributed by atoms with E-state index in [1.54, 1.807) is 49.6 Å². The number of hydrogen-bond donors (Lipinski definition) is 1.